The van der Waals surface area contributed by atoms with E-state index in [1.807, 2.05) is 6.07 Å². The van der Waals surface area contributed by atoms with Crippen LogP contribution in [0.2, 0.25) is 0 Å². The van der Waals surface area contributed by atoms with Gasteiger partial charge in [-0.3, -0.25) is 4.57 Å². The van der Waals surface area contributed by atoms with Gasteiger partial charge in [0.25, 0.3) is 0 Å². The van der Waals surface area contributed by atoms with Crippen LogP contribution >= 0.6 is 0 Å². The molecule has 0 fully saturated rings. The van der Waals surface area contributed by atoms with E-state index in [-0.39, 0.29) is 0 Å². The average Bonchev–Trinajstić information content (AvgIpc) is 3.94. The molecule has 59 heavy (non-hydrogen) atoms. The van der Waals surface area contributed by atoms with Crippen LogP contribution in [0.4, 0.5) is 0 Å². The highest BCUT2D eigenvalue weighted by Crippen LogP contribution is 2.44. The maximum absolute atomic E-state index is 5.61. The highest BCUT2D eigenvalue weighted by atomic mass is 15.1. The van der Waals surface area contributed by atoms with Crippen LogP contribution in [-0.4, -0.2) is 23.7 Å². The first kappa shape index (κ1) is 32.1. The number of fused-ring (bicyclic) bond motifs is 12. The zero-order valence-electron chi connectivity index (χ0n) is 31.8. The molecule has 0 aliphatic carbocycles. The number of para-hydroxylation sites is 6. The van der Waals surface area contributed by atoms with E-state index in [4.69, 9.17) is 9.97 Å². The van der Waals surface area contributed by atoms with E-state index in [1.165, 1.54) is 48.7 Å². The molecule has 0 amide bonds. The molecular formula is C54H33N5. The van der Waals surface area contributed by atoms with Gasteiger partial charge in [-0.15, -0.1) is 0 Å². The van der Waals surface area contributed by atoms with Crippen molar-refractivity contribution in [3.05, 3.63) is 200 Å². The van der Waals surface area contributed by atoms with E-state index in [2.05, 4.69) is 208 Å². The molecule has 13 aromatic rings. The molecule has 4 aromatic heterocycles. The lowest BCUT2D eigenvalue weighted by molar-refractivity contribution is 1.08. The molecule has 0 aliphatic heterocycles. The van der Waals surface area contributed by atoms with Crippen LogP contribution in [0.1, 0.15) is 0 Å². The van der Waals surface area contributed by atoms with E-state index in [0.717, 1.165) is 66.9 Å². The van der Waals surface area contributed by atoms with Gasteiger partial charge in [-0.25, -0.2) is 9.97 Å². The van der Waals surface area contributed by atoms with E-state index >= 15 is 0 Å². The number of aromatic nitrogens is 5. The zero-order valence-corrected chi connectivity index (χ0v) is 31.8. The maximum Gasteiger partial charge on any atom is 0.165 e. The van der Waals surface area contributed by atoms with E-state index in [1.54, 1.807) is 0 Å². The highest BCUT2D eigenvalue weighted by molar-refractivity contribution is 6.22. The van der Waals surface area contributed by atoms with Crippen molar-refractivity contribution < 1.29 is 0 Å². The molecule has 0 bridgehead atoms. The van der Waals surface area contributed by atoms with Gasteiger partial charge in [-0.2, -0.15) is 0 Å². The minimum atomic E-state index is 0.794. The van der Waals surface area contributed by atoms with Crippen molar-refractivity contribution >= 4 is 87.2 Å². The molecule has 0 saturated heterocycles. The Morgan fingerprint density at radius 3 is 1.63 bits per heavy atom. The Morgan fingerprint density at radius 1 is 0.305 bits per heavy atom. The van der Waals surface area contributed by atoms with Crippen molar-refractivity contribution in [2.24, 2.45) is 0 Å². The summed E-state index contributed by atoms with van der Waals surface area (Å²) in [6, 6.07) is 71.8. The Hall–Kier alpha value is -8.02. The van der Waals surface area contributed by atoms with Crippen LogP contribution in [0.25, 0.3) is 116 Å². The normalized spacial score (nSPS) is 12.1. The summed E-state index contributed by atoms with van der Waals surface area (Å²) < 4.78 is 7.14. The summed E-state index contributed by atoms with van der Waals surface area (Å²) in [5.41, 5.74) is 12.6. The molecule has 4 heterocycles. The SMILES string of the molecule is c1ccc(-n2c3ccccc3c3c(-c4nc5ccccc5nc4-n4c5cc(-n6c7ccccc7c7ccccc76)ccc5c5c6ccccc6ccc54)cccc32)cc1. The van der Waals surface area contributed by atoms with Crippen LogP contribution in [0.5, 0.6) is 0 Å². The van der Waals surface area contributed by atoms with Gasteiger partial charge in [0.1, 0.15) is 5.69 Å². The summed E-state index contributed by atoms with van der Waals surface area (Å²) in [6.45, 7) is 0. The lowest BCUT2D eigenvalue weighted by atomic mass is 10.0. The van der Waals surface area contributed by atoms with Crippen molar-refractivity contribution in [2.45, 2.75) is 0 Å². The predicted molar refractivity (Wildman–Crippen MR) is 245 cm³/mol. The van der Waals surface area contributed by atoms with Crippen molar-refractivity contribution in [3.63, 3.8) is 0 Å². The summed E-state index contributed by atoms with van der Waals surface area (Å²) in [4.78, 5) is 11.2. The van der Waals surface area contributed by atoms with Gasteiger partial charge in [-0.1, -0.05) is 133 Å². The van der Waals surface area contributed by atoms with Gasteiger partial charge in [0, 0.05) is 49.3 Å². The summed E-state index contributed by atoms with van der Waals surface area (Å²) in [7, 11) is 0. The molecule has 9 aromatic carbocycles. The second-order valence-corrected chi connectivity index (χ2v) is 15.4. The fourth-order valence-electron chi connectivity index (χ4n) is 9.74. The lowest BCUT2D eigenvalue weighted by Gasteiger charge is -2.16. The Morgan fingerprint density at radius 2 is 0.864 bits per heavy atom. The topological polar surface area (TPSA) is 40.6 Å². The van der Waals surface area contributed by atoms with E-state index in [9.17, 15) is 0 Å². The summed E-state index contributed by atoms with van der Waals surface area (Å²) in [5.74, 6) is 0.794. The first-order valence-electron chi connectivity index (χ1n) is 20.1. The van der Waals surface area contributed by atoms with Crippen molar-refractivity contribution in [1.29, 1.82) is 0 Å². The Kier molecular flexibility index (Phi) is 6.66. The predicted octanol–water partition coefficient (Wildman–Crippen LogP) is 13.7. The first-order valence-corrected chi connectivity index (χ1v) is 20.1. The standard InChI is InChI=1S/C54H33N5/c1-2-16-35(17-3-1)57-47-27-13-8-21-40(47)52-42(22-14-28-48(52)57)53-54(56-44-24-10-9-23-43(44)55-53)59-49-32-29-34-15-4-5-18-37(34)51(49)41-31-30-36(33-50(41)59)58-45-25-11-6-19-38(45)39-20-7-12-26-46(39)58/h1-33H. The Bertz CT molecular complexity index is 3800. The van der Waals surface area contributed by atoms with Gasteiger partial charge in [-0.05, 0) is 77.5 Å². The Balaban J connectivity index is 1.19. The van der Waals surface area contributed by atoms with Crippen LogP contribution in [0, 0.1) is 0 Å². The first-order chi connectivity index (χ1) is 29.3. The molecular weight excluding hydrogens is 719 g/mol. The Labute approximate surface area is 338 Å². The van der Waals surface area contributed by atoms with Crippen LogP contribution in [0.3, 0.4) is 0 Å². The van der Waals surface area contributed by atoms with Gasteiger partial charge >= 0.3 is 0 Å². The molecule has 13 rings (SSSR count). The molecule has 0 aliphatic rings. The molecule has 0 unspecified atom stereocenters. The van der Waals surface area contributed by atoms with Gasteiger partial charge in [0.05, 0.1) is 44.1 Å². The summed E-state index contributed by atoms with van der Waals surface area (Å²) >= 11 is 0. The van der Waals surface area contributed by atoms with Crippen molar-refractivity contribution in [1.82, 2.24) is 23.7 Å². The number of benzene rings is 9. The lowest BCUT2D eigenvalue weighted by Crippen LogP contribution is -2.04. The highest BCUT2D eigenvalue weighted by Gasteiger charge is 2.24. The largest absolute Gasteiger partial charge is 0.309 e. The molecule has 0 saturated carbocycles. The van der Waals surface area contributed by atoms with Gasteiger partial charge in [0.2, 0.25) is 0 Å². The van der Waals surface area contributed by atoms with Crippen LogP contribution in [-0.2, 0) is 0 Å². The third kappa shape index (κ3) is 4.55. The average molecular weight is 752 g/mol. The molecule has 274 valence electrons. The minimum absolute atomic E-state index is 0.794. The molecule has 0 N–H and O–H groups in total. The van der Waals surface area contributed by atoms with Crippen LogP contribution in [0.15, 0.2) is 200 Å². The van der Waals surface area contributed by atoms with Gasteiger partial charge in [0.15, 0.2) is 5.82 Å². The molecule has 5 nitrogen and oxygen atoms in total. The van der Waals surface area contributed by atoms with E-state index < -0.39 is 0 Å². The molecule has 5 heteroatoms. The minimum Gasteiger partial charge on any atom is -0.309 e. The summed E-state index contributed by atoms with van der Waals surface area (Å²) in [6.07, 6.45) is 0. The van der Waals surface area contributed by atoms with Crippen LogP contribution < -0.4 is 0 Å². The third-order valence-electron chi connectivity index (χ3n) is 12.2. The fourth-order valence-corrected chi connectivity index (χ4v) is 9.74. The third-order valence-corrected chi connectivity index (χ3v) is 12.2. The number of hydrogen-bond acceptors (Lipinski definition) is 2. The van der Waals surface area contributed by atoms with Crippen molar-refractivity contribution in [2.75, 3.05) is 0 Å². The number of rotatable bonds is 4. The number of nitrogens with zero attached hydrogens (tertiary/aromatic N) is 5. The quantitative estimate of drug-likeness (QED) is 0.180. The van der Waals surface area contributed by atoms with Crippen molar-refractivity contribution in [3.8, 4) is 28.5 Å². The monoisotopic (exact) mass is 751 g/mol. The number of hydrogen-bond donors (Lipinski definition) is 0. The second kappa shape index (κ2) is 12.2. The fraction of sp³-hybridized carbons (Fsp3) is 0. The smallest absolute Gasteiger partial charge is 0.165 e. The molecule has 0 radical (unpaired) electrons. The van der Waals surface area contributed by atoms with E-state index in [0.29, 0.717) is 0 Å². The molecule has 0 spiro atoms. The maximum atomic E-state index is 5.61. The second-order valence-electron chi connectivity index (χ2n) is 15.4. The summed E-state index contributed by atoms with van der Waals surface area (Å²) in [5, 5.41) is 9.57. The van der Waals surface area contributed by atoms with Gasteiger partial charge < -0.3 is 9.13 Å². The zero-order chi connectivity index (χ0) is 38.6. The molecule has 0 atom stereocenters.